The number of aryl methyl sites for hydroxylation is 2. The van der Waals surface area contributed by atoms with Crippen LogP contribution in [0.1, 0.15) is 29.5 Å². The van der Waals surface area contributed by atoms with Crippen molar-refractivity contribution in [1.82, 2.24) is 9.88 Å². The van der Waals surface area contributed by atoms with Crippen LogP contribution >= 0.6 is 12.2 Å². The summed E-state index contributed by atoms with van der Waals surface area (Å²) >= 11 is 5.79. The second-order valence-corrected chi connectivity index (χ2v) is 8.30. The highest BCUT2D eigenvalue weighted by molar-refractivity contribution is 7.80. The molecule has 166 valence electrons. The first kappa shape index (κ1) is 22.0. The van der Waals surface area contributed by atoms with Gasteiger partial charge in [-0.3, -0.25) is 0 Å². The monoisotopic (exact) mass is 447 g/mol. The molecule has 2 N–H and O–H groups in total. The van der Waals surface area contributed by atoms with Crippen molar-refractivity contribution in [1.29, 1.82) is 0 Å². The summed E-state index contributed by atoms with van der Waals surface area (Å²) in [5.74, 6) is 1.73. The molecule has 0 radical (unpaired) electrons. The lowest BCUT2D eigenvalue weighted by atomic mass is 10.1. The van der Waals surface area contributed by atoms with Gasteiger partial charge in [-0.05, 0) is 93.5 Å². The summed E-state index contributed by atoms with van der Waals surface area (Å²) in [6.07, 6.45) is 2.57. The predicted octanol–water partition coefficient (Wildman–Crippen LogP) is 6.22. The van der Waals surface area contributed by atoms with Gasteiger partial charge < -0.3 is 24.4 Å². The van der Waals surface area contributed by atoms with E-state index in [1.54, 1.807) is 6.26 Å². The highest BCUT2D eigenvalue weighted by Gasteiger charge is 2.15. The van der Waals surface area contributed by atoms with Gasteiger partial charge in [0.15, 0.2) is 5.11 Å². The number of rotatable bonds is 8. The Bertz CT molecular complexity index is 1180. The number of ether oxygens (including phenoxy) is 1. The average molecular weight is 448 g/mol. The minimum Gasteiger partial charge on any atom is -0.494 e. The molecule has 2 aromatic carbocycles. The van der Waals surface area contributed by atoms with Gasteiger partial charge in [0.2, 0.25) is 0 Å². The molecule has 0 spiro atoms. The van der Waals surface area contributed by atoms with Gasteiger partial charge in [0.25, 0.3) is 0 Å². The van der Waals surface area contributed by atoms with E-state index in [1.165, 1.54) is 27.7 Å². The SMILES string of the molecule is CCOc1ccc(NC(=S)N(CCc2c(C)[nH]c3ccc(C)cc23)Cc2ccco2)cc1. The molecule has 6 heteroatoms. The van der Waals surface area contributed by atoms with Crippen LogP contribution in [0.25, 0.3) is 10.9 Å². The van der Waals surface area contributed by atoms with Crippen molar-refractivity contribution in [3.8, 4) is 5.75 Å². The Morgan fingerprint density at radius 3 is 2.66 bits per heavy atom. The third-order valence-electron chi connectivity index (χ3n) is 5.54. The molecule has 4 rings (SSSR count). The normalized spacial score (nSPS) is 11.0. The van der Waals surface area contributed by atoms with Crippen LogP contribution in [0.3, 0.4) is 0 Å². The van der Waals surface area contributed by atoms with Crippen LogP contribution in [0.5, 0.6) is 5.75 Å². The van der Waals surface area contributed by atoms with E-state index in [9.17, 15) is 0 Å². The van der Waals surface area contributed by atoms with Gasteiger partial charge in [-0.15, -0.1) is 0 Å². The number of fused-ring (bicyclic) bond motifs is 1. The van der Waals surface area contributed by atoms with Crippen molar-refractivity contribution < 1.29 is 9.15 Å². The van der Waals surface area contributed by atoms with Gasteiger partial charge >= 0.3 is 0 Å². The van der Waals surface area contributed by atoms with E-state index < -0.39 is 0 Å². The number of hydrogen-bond acceptors (Lipinski definition) is 3. The smallest absolute Gasteiger partial charge is 0.173 e. The van der Waals surface area contributed by atoms with Crippen molar-refractivity contribution in [3.05, 3.63) is 83.4 Å². The third-order valence-corrected chi connectivity index (χ3v) is 5.90. The number of aromatic amines is 1. The number of nitrogens with one attached hydrogen (secondary N) is 2. The summed E-state index contributed by atoms with van der Waals surface area (Å²) in [5, 5.41) is 5.32. The number of aromatic nitrogens is 1. The Kier molecular flexibility index (Phi) is 6.81. The van der Waals surface area contributed by atoms with Gasteiger partial charge in [0.1, 0.15) is 11.5 Å². The van der Waals surface area contributed by atoms with Crippen LogP contribution in [-0.4, -0.2) is 28.1 Å². The Morgan fingerprint density at radius 1 is 1.12 bits per heavy atom. The number of furan rings is 1. The van der Waals surface area contributed by atoms with Crippen LogP contribution in [0, 0.1) is 13.8 Å². The molecule has 2 aromatic heterocycles. The highest BCUT2D eigenvalue weighted by Crippen LogP contribution is 2.24. The van der Waals surface area contributed by atoms with Crippen molar-refractivity contribution in [2.24, 2.45) is 0 Å². The molecule has 0 aliphatic rings. The summed E-state index contributed by atoms with van der Waals surface area (Å²) in [6, 6.07) is 18.3. The molecular weight excluding hydrogens is 418 g/mol. The fourth-order valence-electron chi connectivity index (χ4n) is 3.91. The lowest BCUT2D eigenvalue weighted by molar-refractivity contribution is 0.340. The zero-order chi connectivity index (χ0) is 22.5. The lowest BCUT2D eigenvalue weighted by Crippen LogP contribution is -2.35. The van der Waals surface area contributed by atoms with Crippen molar-refractivity contribution in [3.63, 3.8) is 0 Å². The molecule has 0 saturated heterocycles. The minimum atomic E-state index is 0.607. The van der Waals surface area contributed by atoms with Gasteiger partial charge in [0.05, 0.1) is 19.4 Å². The topological polar surface area (TPSA) is 53.4 Å². The average Bonchev–Trinajstić information content (AvgIpc) is 3.40. The van der Waals surface area contributed by atoms with Gasteiger partial charge in [-0.1, -0.05) is 11.6 Å². The van der Waals surface area contributed by atoms with Crippen molar-refractivity contribution in [2.75, 3.05) is 18.5 Å². The summed E-state index contributed by atoms with van der Waals surface area (Å²) in [7, 11) is 0. The first-order valence-corrected chi connectivity index (χ1v) is 11.3. The van der Waals surface area contributed by atoms with Crippen LogP contribution in [-0.2, 0) is 13.0 Å². The zero-order valence-electron chi connectivity index (χ0n) is 18.8. The van der Waals surface area contributed by atoms with Gasteiger partial charge in [0, 0.05) is 28.8 Å². The second kappa shape index (κ2) is 9.92. The second-order valence-electron chi connectivity index (χ2n) is 7.92. The third kappa shape index (κ3) is 5.14. The quantitative estimate of drug-likeness (QED) is 0.314. The van der Waals surface area contributed by atoms with Gasteiger partial charge in [-0.2, -0.15) is 0 Å². The van der Waals surface area contributed by atoms with E-state index >= 15 is 0 Å². The molecule has 0 aliphatic carbocycles. The maximum Gasteiger partial charge on any atom is 0.173 e. The largest absolute Gasteiger partial charge is 0.494 e. The maximum absolute atomic E-state index is 5.79. The molecule has 4 aromatic rings. The van der Waals surface area contributed by atoms with Crippen LogP contribution in [0.4, 0.5) is 5.69 Å². The van der Waals surface area contributed by atoms with E-state index in [4.69, 9.17) is 21.4 Å². The molecule has 0 fully saturated rings. The Hall–Kier alpha value is -3.25. The summed E-state index contributed by atoms with van der Waals surface area (Å²) in [4.78, 5) is 5.66. The Balaban J connectivity index is 1.51. The fourth-order valence-corrected chi connectivity index (χ4v) is 4.19. The standard InChI is InChI=1S/C26H29N3O2S/c1-4-30-21-10-8-20(9-11-21)28-26(32)29(17-22-6-5-15-31-22)14-13-23-19(3)27-25-12-7-18(2)16-24(23)25/h5-12,15-16,27H,4,13-14,17H2,1-3H3,(H,28,32). The molecule has 0 saturated carbocycles. The summed E-state index contributed by atoms with van der Waals surface area (Å²) in [6.45, 7) is 8.27. The minimum absolute atomic E-state index is 0.607. The molecule has 32 heavy (non-hydrogen) atoms. The van der Waals surface area contributed by atoms with Crippen molar-refractivity contribution in [2.45, 2.75) is 33.7 Å². The number of benzene rings is 2. The van der Waals surface area contributed by atoms with E-state index in [0.29, 0.717) is 18.3 Å². The number of thiocarbonyl (C=S) groups is 1. The number of hydrogen-bond donors (Lipinski definition) is 2. The Labute approximate surface area is 194 Å². The van der Waals surface area contributed by atoms with Gasteiger partial charge in [-0.25, -0.2) is 0 Å². The van der Waals surface area contributed by atoms with E-state index in [0.717, 1.165) is 30.2 Å². The number of anilines is 1. The molecule has 2 heterocycles. The Morgan fingerprint density at radius 2 is 1.94 bits per heavy atom. The first-order valence-electron chi connectivity index (χ1n) is 10.9. The zero-order valence-corrected chi connectivity index (χ0v) is 19.6. The molecular formula is C26H29N3O2S. The molecule has 0 unspecified atom stereocenters. The van der Waals surface area contributed by atoms with Crippen LogP contribution < -0.4 is 10.1 Å². The molecule has 0 bridgehead atoms. The van der Waals surface area contributed by atoms with Crippen LogP contribution in [0.2, 0.25) is 0 Å². The highest BCUT2D eigenvalue weighted by atomic mass is 32.1. The summed E-state index contributed by atoms with van der Waals surface area (Å²) < 4.78 is 11.1. The van der Waals surface area contributed by atoms with Crippen LogP contribution in [0.15, 0.2) is 65.3 Å². The fraction of sp³-hybridized carbons (Fsp3) is 0.269. The van der Waals surface area contributed by atoms with E-state index in [1.807, 2.05) is 43.3 Å². The predicted molar refractivity (Wildman–Crippen MR) is 134 cm³/mol. The number of nitrogens with zero attached hydrogens (tertiary/aromatic N) is 1. The van der Waals surface area contributed by atoms with E-state index in [-0.39, 0.29) is 0 Å². The molecule has 0 atom stereocenters. The van der Waals surface area contributed by atoms with E-state index in [2.05, 4.69) is 47.2 Å². The lowest BCUT2D eigenvalue weighted by Gasteiger charge is -2.25. The first-order chi connectivity index (χ1) is 15.5. The molecule has 0 amide bonds. The molecule has 5 nitrogen and oxygen atoms in total. The summed E-state index contributed by atoms with van der Waals surface area (Å²) in [5.41, 5.74) is 5.90. The number of H-pyrrole nitrogens is 1. The van der Waals surface area contributed by atoms with Crippen molar-refractivity contribution >= 4 is 33.9 Å². The maximum atomic E-state index is 5.79. The molecule has 0 aliphatic heterocycles.